The molecule has 4 N–H and O–H groups in total. The topological polar surface area (TPSA) is 121 Å². The Morgan fingerprint density at radius 2 is 1.70 bits per heavy atom. The molecule has 7 nitrogen and oxygen atoms in total. The van der Waals surface area contributed by atoms with Gasteiger partial charge in [0, 0.05) is 12.8 Å². The summed E-state index contributed by atoms with van der Waals surface area (Å²) in [7, 11) is 0. The summed E-state index contributed by atoms with van der Waals surface area (Å²) in [4.78, 5) is 30.9. The lowest BCUT2D eigenvalue weighted by atomic mass is 10.1. The Morgan fingerprint density at radius 1 is 1.20 bits per heavy atom. The molecular weight excluding hydrogens is 264 g/mol. The van der Waals surface area contributed by atoms with Gasteiger partial charge in [0.05, 0.1) is 0 Å². The lowest BCUT2D eigenvalue weighted by molar-refractivity contribution is -0.171. The first-order valence-corrected chi connectivity index (χ1v) is 5.98. The smallest absolute Gasteiger partial charge is 0.320 e. The fraction of sp³-hybridized carbons (Fsp3) is 0.308. The average molecular weight is 280 g/mol. The lowest BCUT2D eigenvalue weighted by Gasteiger charge is -2.04. The Labute approximate surface area is 115 Å². The molecule has 1 aliphatic rings. The molecule has 1 unspecified atom stereocenters. The number of aliphatic carboxylic acids is 1. The van der Waals surface area contributed by atoms with E-state index in [0.717, 1.165) is 5.56 Å². The van der Waals surface area contributed by atoms with Crippen LogP contribution < -0.4 is 5.73 Å². The highest BCUT2D eigenvalue weighted by molar-refractivity contribution is 6.00. The number of benzene rings is 1. The van der Waals surface area contributed by atoms with E-state index in [0.29, 0.717) is 6.42 Å². The molecule has 1 fully saturated rings. The van der Waals surface area contributed by atoms with Crippen molar-refractivity contribution in [3.05, 3.63) is 35.9 Å². The van der Waals surface area contributed by atoms with Gasteiger partial charge in [0.15, 0.2) is 0 Å². The van der Waals surface area contributed by atoms with E-state index in [1.807, 2.05) is 30.3 Å². The number of nitrogens with zero attached hydrogens (tertiary/aromatic N) is 1. The zero-order chi connectivity index (χ0) is 15.1. The highest BCUT2D eigenvalue weighted by atomic mass is 16.5. The third-order valence-corrected chi connectivity index (χ3v) is 2.64. The molecule has 0 aliphatic carbocycles. The van der Waals surface area contributed by atoms with Crippen LogP contribution in [-0.4, -0.2) is 39.2 Å². The lowest BCUT2D eigenvalue weighted by Crippen LogP contribution is -2.32. The van der Waals surface area contributed by atoms with Crippen molar-refractivity contribution in [2.45, 2.75) is 25.3 Å². The van der Waals surface area contributed by atoms with Gasteiger partial charge in [-0.3, -0.25) is 19.6 Å². The fourth-order valence-electron chi connectivity index (χ4n) is 1.52. The van der Waals surface area contributed by atoms with Crippen LogP contribution in [0.25, 0.3) is 0 Å². The number of hydroxylamine groups is 2. The van der Waals surface area contributed by atoms with Crippen LogP contribution in [0.4, 0.5) is 0 Å². The summed E-state index contributed by atoms with van der Waals surface area (Å²) in [6.07, 6.45) is 0.681. The molecule has 0 bridgehead atoms. The number of carboxylic acid groups (broad SMARTS) is 1. The minimum Gasteiger partial charge on any atom is -0.480 e. The van der Waals surface area contributed by atoms with E-state index in [-0.39, 0.29) is 17.9 Å². The van der Waals surface area contributed by atoms with Gasteiger partial charge in [-0.1, -0.05) is 30.3 Å². The molecule has 7 heteroatoms. The van der Waals surface area contributed by atoms with Gasteiger partial charge in [-0.2, -0.15) is 5.06 Å². The maximum Gasteiger partial charge on any atom is 0.320 e. The zero-order valence-electron chi connectivity index (χ0n) is 10.7. The largest absolute Gasteiger partial charge is 0.480 e. The maximum atomic E-state index is 10.4. The van der Waals surface area contributed by atoms with Gasteiger partial charge < -0.3 is 10.8 Å². The van der Waals surface area contributed by atoms with Crippen molar-refractivity contribution in [3.63, 3.8) is 0 Å². The first-order valence-electron chi connectivity index (χ1n) is 5.98. The molecule has 0 spiro atoms. The Morgan fingerprint density at radius 3 is 2.05 bits per heavy atom. The first-order chi connectivity index (χ1) is 9.41. The van der Waals surface area contributed by atoms with Crippen molar-refractivity contribution in [2.75, 3.05) is 0 Å². The third kappa shape index (κ3) is 4.79. The average Bonchev–Trinajstić information content (AvgIpc) is 2.72. The van der Waals surface area contributed by atoms with Crippen LogP contribution in [0.15, 0.2) is 30.3 Å². The summed E-state index contributed by atoms with van der Waals surface area (Å²) in [5, 5.41) is 17.1. The molecule has 2 amide bonds. The van der Waals surface area contributed by atoms with Crippen molar-refractivity contribution >= 4 is 17.8 Å². The predicted octanol–water partition coefficient (Wildman–Crippen LogP) is 0.166. The number of rotatable bonds is 3. The molecule has 0 aromatic heterocycles. The molecular formula is C13H16N2O5. The predicted molar refractivity (Wildman–Crippen MR) is 68.6 cm³/mol. The quantitative estimate of drug-likeness (QED) is 0.536. The number of imide groups is 1. The second-order valence-electron chi connectivity index (χ2n) is 4.23. The Hall–Kier alpha value is -2.25. The molecule has 1 aromatic carbocycles. The molecule has 1 saturated heterocycles. The third-order valence-electron chi connectivity index (χ3n) is 2.64. The summed E-state index contributed by atoms with van der Waals surface area (Å²) < 4.78 is 0. The van der Waals surface area contributed by atoms with Gasteiger partial charge in [-0.15, -0.1) is 0 Å². The van der Waals surface area contributed by atoms with Gasteiger partial charge in [0.2, 0.25) is 0 Å². The van der Waals surface area contributed by atoms with E-state index in [2.05, 4.69) is 0 Å². The summed E-state index contributed by atoms with van der Waals surface area (Å²) in [5.74, 6) is -1.97. The number of carbonyl (C=O) groups excluding carboxylic acids is 2. The minimum absolute atomic E-state index is 0.148. The number of amides is 2. The standard InChI is InChI=1S/C9H11NO2.C4H5NO3/c10-8(9(11)12)6-7-4-2-1-3-5-7;6-3-1-2-4(7)5(3)8/h1-5,8H,6,10H2,(H,11,12);8H,1-2H2. The molecule has 1 aromatic rings. The molecule has 20 heavy (non-hydrogen) atoms. The normalized spacial score (nSPS) is 15.6. The van der Waals surface area contributed by atoms with Crippen LogP contribution >= 0.6 is 0 Å². The highest BCUT2D eigenvalue weighted by Gasteiger charge is 2.26. The minimum atomic E-state index is -0.959. The van der Waals surface area contributed by atoms with Crippen molar-refractivity contribution in [2.24, 2.45) is 5.73 Å². The van der Waals surface area contributed by atoms with E-state index in [4.69, 9.17) is 16.0 Å². The zero-order valence-corrected chi connectivity index (χ0v) is 10.7. The second-order valence-corrected chi connectivity index (χ2v) is 4.23. The fourth-order valence-corrected chi connectivity index (χ4v) is 1.52. The maximum absolute atomic E-state index is 10.4. The van der Waals surface area contributed by atoms with Gasteiger partial charge in [-0.05, 0) is 12.0 Å². The monoisotopic (exact) mass is 280 g/mol. The van der Waals surface area contributed by atoms with Crippen molar-refractivity contribution in [1.29, 1.82) is 0 Å². The van der Waals surface area contributed by atoms with Crippen LogP contribution in [0.1, 0.15) is 18.4 Å². The van der Waals surface area contributed by atoms with Crippen LogP contribution in [0.2, 0.25) is 0 Å². The summed E-state index contributed by atoms with van der Waals surface area (Å²) >= 11 is 0. The molecule has 1 atom stereocenters. The Kier molecular flexibility index (Phi) is 5.82. The van der Waals surface area contributed by atoms with E-state index >= 15 is 0 Å². The number of nitrogens with two attached hydrogens (primary N) is 1. The van der Waals surface area contributed by atoms with E-state index < -0.39 is 23.8 Å². The van der Waals surface area contributed by atoms with Gasteiger partial charge in [0.25, 0.3) is 11.8 Å². The number of carboxylic acids is 1. The van der Waals surface area contributed by atoms with Crippen molar-refractivity contribution < 1.29 is 24.7 Å². The van der Waals surface area contributed by atoms with Gasteiger partial charge >= 0.3 is 5.97 Å². The number of carbonyl (C=O) groups is 3. The number of hydrogen-bond donors (Lipinski definition) is 3. The Bertz CT molecular complexity index is 473. The summed E-state index contributed by atoms with van der Waals surface area (Å²) in [6, 6.07) is 8.54. The van der Waals surface area contributed by atoms with Gasteiger partial charge in [-0.25, -0.2) is 0 Å². The summed E-state index contributed by atoms with van der Waals surface area (Å²) in [5.41, 5.74) is 6.30. The molecule has 1 aliphatic heterocycles. The van der Waals surface area contributed by atoms with E-state index in [1.54, 1.807) is 0 Å². The summed E-state index contributed by atoms with van der Waals surface area (Å²) in [6.45, 7) is 0. The molecule has 108 valence electrons. The van der Waals surface area contributed by atoms with Crippen molar-refractivity contribution in [1.82, 2.24) is 5.06 Å². The van der Waals surface area contributed by atoms with Crippen LogP contribution in [0, 0.1) is 0 Å². The van der Waals surface area contributed by atoms with E-state index in [1.165, 1.54) is 0 Å². The van der Waals surface area contributed by atoms with Crippen molar-refractivity contribution in [3.8, 4) is 0 Å². The van der Waals surface area contributed by atoms with Gasteiger partial charge in [0.1, 0.15) is 6.04 Å². The molecule has 0 saturated carbocycles. The van der Waals surface area contributed by atoms with E-state index in [9.17, 15) is 14.4 Å². The second kappa shape index (κ2) is 7.37. The SMILES string of the molecule is NC(Cc1ccccc1)C(=O)O.O=C1CCC(=O)N1O. The Balaban J connectivity index is 0.000000217. The number of hydrogen-bond acceptors (Lipinski definition) is 5. The first kappa shape index (κ1) is 15.8. The van der Waals surface area contributed by atoms with Crippen LogP contribution in [-0.2, 0) is 20.8 Å². The van der Waals surface area contributed by atoms with Crippen LogP contribution in [0.5, 0.6) is 0 Å². The molecule has 0 radical (unpaired) electrons. The molecule has 1 heterocycles. The highest BCUT2D eigenvalue weighted by Crippen LogP contribution is 2.07. The molecule has 2 rings (SSSR count). The van der Waals surface area contributed by atoms with Crippen LogP contribution in [0.3, 0.4) is 0 Å².